The maximum atomic E-state index is 11.9. The van der Waals surface area contributed by atoms with E-state index >= 15 is 0 Å². The van der Waals surface area contributed by atoms with Crippen molar-refractivity contribution in [2.45, 2.75) is 31.6 Å². The van der Waals surface area contributed by atoms with Crippen LogP contribution in [0.25, 0.3) is 0 Å². The molecular weight excluding hydrogens is 296 g/mol. The van der Waals surface area contributed by atoms with Gasteiger partial charge in [0.25, 0.3) is 0 Å². The lowest BCUT2D eigenvalue weighted by molar-refractivity contribution is -0.142. The highest BCUT2D eigenvalue weighted by molar-refractivity contribution is 6.00. The fourth-order valence-electron chi connectivity index (χ4n) is 3.31. The van der Waals surface area contributed by atoms with Gasteiger partial charge in [0.2, 0.25) is 11.8 Å². The molecule has 2 saturated heterocycles. The Hall–Kier alpha value is -2.37. The number of imide groups is 1. The number of rotatable bonds is 3. The molecule has 2 fully saturated rings. The van der Waals surface area contributed by atoms with E-state index in [1.165, 1.54) is 0 Å². The molecule has 2 N–H and O–H groups in total. The number of nitrogens with zero attached hydrogens (tertiary/aromatic N) is 1. The zero-order chi connectivity index (χ0) is 16.4. The summed E-state index contributed by atoms with van der Waals surface area (Å²) < 4.78 is 0. The molecule has 0 aliphatic carbocycles. The van der Waals surface area contributed by atoms with Crippen molar-refractivity contribution in [3.63, 3.8) is 0 Å². The van der Waals surface area contributed by atoms with Gasteiger partial charge in [0, 0.05) is 25.2 Å². The number of carboxylic acid groups (broad SMARTS) is 1. The predicted molar refractivity (Wildman–Crippen MR) is 84.1 cm³/mol. The van der Waals surface area contributed by atoms with Gasteiger partial charge in [-0.2, -0.15) is 0 Å². The number of hydrogen-bond acceptors (Lipinski definition) is 4. The number of carboxylic acids is 1. The number of nitrogens with one attached hydrogen (secondary N) is 1. The van der Waals surface area contributed by atoms with Gasteiger partial charge in [0.05, 0.1) is 11.8 Å². The lowest BCUT2D eigenvalue weighted by Crippen LogP contribution is -2.39. The first-order chi connectivity index (χ1) is 11.0. The Kier molecular flexibility index (Phi) is 4.32. The van der Waals surface area contributed by atoms with Gasteiger partial charge >= 0.3 is 5.97 Å². The summed E-state index contributed by atoms with van der Waals surface area (Å²) in [5.41, 5.74) is 1.96. The molecule has 0 unspecified atom stereocenters. The van der Waals surface area contributed by atoms with Crippen molar-refractivity contribution in [1.29, 1.82) is 0 Å². The molecule has 1 aromatic carbocycles. The SMILES string of the molecule is O=C1CC[C@@H](c2ccc(N3CCC(C(=O)O)CC3)cc2)C(=O)N1. The first kappa shape index (κ1) is 15.5. The number of carbonyl (C=O) groups is 3. The molecule has 2 aliphatic rings. The smallest absolute Gasteiger partial charge is 0.306 e. The molecule has 0 spiro atoms. The van der Waals surface area contributed by atoms with E-state index in [9.17, 15) is 14.4 Å². The summed E-state index contributed by atoms with van der Waals surface area (Å²) in [4.78, 5) is 36.3. The summed E-state index contributed by atoms with van der Waals surface area (Å²) in [5, 5.41) is 11.4. The van der Waals surface area contributed by atoms with Gasteiger partial charge in [-0.15, -0.1) is 0 Å². The zero-order valence-electron chi connectivity index (χ0n) is 12.8. The maximum absolute atomic E-state index is 11.9. The van der Waals surface area contributed by atoms with Gasteiger partial charge in [-0.05, 0) is 37.0 Å². The lowest BCUT2D eigenvalue weighted by atomic mass is 9.90. The molecule has 23 heavy (non-hydrogen) atoms. The van der Waals surface area contributed by atoms with Crippen molar-refractivity contribution in [2.24, 2.45) is 5.92 Å². The van der Waals surface area contributed by atoms with Crippen molar-refractivity contribution in [2.75, 3.05) is 18.0 Å². The highest BCUT2D eigenvalue weighted by Gasteiger charge is 2.28. The third-order valence-corrected chi connectivity index (χ3v) is 4.74. The number of carbonyl (C=O) groups excluding carboxylic acids is 2. The standard InChI is InChI=1S/C17H20N2O4/c20-15-6-5-14(16(21)18-15)11-1-3-13(4-2-11)19-9-7-12(8-10-19)17(22)23/h1-4,12,14H,5-10H2,(H,22,23)(H,18,20,21)/t14-/m0/s1. The molecule has 0 aromatic heterocycles. The van der Waals surface area contributed by atoms with Gasteiger partial charge in [-0.3, -0.25) is 19.7 Å². The number of hydrogen-bond donors (Lipinski definition) is 2. The molecule has 1 aromatic rings. The average Bonchev–Trinajstić information content (AvgIpc) is 2.55. The van der Waals surface area contributed by atoms with Crippen LogP contribution < -0.4 is 10.2 Å². The molecule has 0 bridgehead atoms. The number of piperidine rings is 2. The second-order valence-electron chi connectivity index (χ2n) is 6.19. The molecule has 0 saturated carbocycles. The molecule has 6 heteroatoms. The van der Waals surface area contributed by atoms with Gasteiger partial charge in [-0.25, -0.2) is 0 Å². The Morgan fingerprint density at radius 3 is 2.30 bits per heavy atom. The van der Waals surface area contributed by atoms with E-state index in [0.29, 0.717) is 25.7 Å². The van der Waals surface area contributed by atoms with E-state index in [1.807, 2.05) is 24.3 Å². The molecule has 2 aliphatic heterocycles. The van der Waals surface area contributed by atoms with Crippen LogP contribution in [0, 0.1) is 5.92 Å². The molecular formula is C17H20N2O4. The van der Waals surface area contributed by atoms with Crippen molar-refractivity contribution >= 4 is 23.5 Å². The summed E-state index contributed by atoms with van der Waals surface area (Å²) in [7, 11) is 0. The Bertz CT molecular complexity index is 618. The van der Waals surface area contributed by atoms with Crippen LogP contribution in [0.1, 0.15) is 37.2 Å². The van der Waals surface area contributed by atoms with Crippen LogP contribution in [0.5, 0.6) is 0 Å². The minimum Gasteiger partial charge on any atom is -0.481 e. The fraction of sp³-hybridized carbons (Fsp3) is 0.471. The molecule has 122 valence electrons. The second-order valence-corrected chi connectivity index (χ2v) is 6.19. The third kappa shape index (κ3) is 3.36. The van der Waals surface area contributed by atoms with E-state index in [1.54, 1.807) is 0 Å². The van der Waals surface area contributed by atoms with Crippen LogP contribution in [-0.2, 0) is 14.4 Å². The molecule has 2 amide bonds. The molecule has 3 rings (SSSR count). The molecule has 0 radical (unpaired) electrons. The normalized spacial score (nSPS) is 22.8. The van der Waals surface area contributed by atoms with Crippen LogP contribution in [0.15, 0.2) is 24.3 Å². The lowest BCUT2D eigenvalue weighted by Gasteiger charge is -2.32. The number of aliphatic carboxylic acids is 1. The molecule has 6 nitrogen and oxygen atoms in total. The first-order valence-corrected chi connectivity index (χ1v) is 7.96. The maximum Gasteiger partial charge on any atom is 0.306 e. The van der Waals surface area contributed by atoms with Gasteiger partial charge in [0.1, 0.15) is 0 Å². The van der Waals surface area contributed by atoms with Crippen LogP contribution in [-0.4, -0.2) is 36.0 Å². The summed E-state index contributed by atoms with van der Waals surface area (Å²) in [5.74, 6) is -1.65. The highest BCUT2D eigenvalue weighted by Crippen LogP contribution is 2.28. The van der Waals surface area contributed by atoms with E-state index in [0.717, 1.165) is 24.3 Å². The summed E-state index contributed by atoms with van der Waals surface area (Å²) in [6, 6.07) is 7.80. The Labute approximate surface area is 134 Å². The molecule has 1 atom stereocenters. The van der Waals surface area contributed by atoms with Crippen LogP contribution in [0.4, 0.5) is 5.69 Å². The third-order valence-electron chi connectivity index (χ3n) is 4.74. The van der Waals surface area contributed by atoms with Crippen LogP contribution in [0.3, 0.4) is 0 Å². The number of amides is 2. The average molecular weight is 316 g/mol. The van der Waals surface area contributed by atoms with Crippen molar-refractivity contribution in [3.8, 4) is 0 Å². The van der Waals surface area contributed by atoms with Crippen LogP contribution >= 0.6 is 0 Å². The second kappa shape index (κ2) is 6.40. The van der Waals surface area contributed by atoms with Crippen molar-refractivity contribution in [3.05, 3.63) is 29.8 Å². The number of benzene rings is 1. The van der Waals surface area contributed by atoms with Crippen molar-refractivity contribution < 1.29 is 19.5 Å². The quantitative estimate of drug-likeness (QED) is 0.825. The predicted octanol–water partition coefficient (Wildman–Crippen LogP) is 1.51. The van der Waals surface area contributed by atoms with E-state index in [2.05, 4.69) is 10.2 Å². The van der Waals surface area contributed by atoms with Gasteiger partial charge in [-0.1, -0.05) is 12.1 Å². The van der Waals surface area contributed by atoms with Crippen molar-refractivity contribution in [1.82, 2.24) is 5.32 Å². The topological polar surface area (TPSA) is 86.7 Å². The summed E-state index contributed by atoms with van der Waals surface area (Å²) >= 11 is 0. The number of anilines is 1. The minimum atomic E-state index is -0.710. The molecule has 2 heterocycles. The minimum absolute atomic E-state index is 0.204. The van der Waals surface area contributed by atoms with E-state index < -0.39 is 5.97 Å². The van der Waals surface area contributed by atoms with Gasteiger partial charge < -0.3 is 10.0 Å². The largest absolute Gasteiger partial charge is 0.481 e. The monoisotopic (exact) mass is 316 g/mol. The zero-order valence-corrected chi connectivity index (χ0v) is 12.8. The first-order valence-electron chi connectivity index (χ1n) is 7.96. The summed E-state index contributed by atoms with van der Waals surface area (Å²) in [6.45, 7) is 1.46. The van der Waals surface area contributed by atoms with E-state index in [4.69, 9.17) is 5.11 Å². The Morgan fingerprint density at radius 2 is 1.74 bits per heavy atom. The highest BCUT2D eigenvalue weighted by atomic mass is 16.4. The Balaban J connectivity index is 1.65. The Morgan fingerprint density at radius 1 is 1.09 bits per heavy atom. The van der Waals surface area contributed by atoms with E-state index in [-0.39, 0.29) is 23.7 Å². The van der Waals surface area contributed by atoms with Gasteiger partial charge in [0.15, 0.2) is 0 Å². The fourth-order valence-corrected chi connectivity index (χ4v) is 3.31. The summed E-state index contributed by atoms with van der Waals surface area (Å²) in [6.07, 6.45) is 2.24. The van der Waals surface area contributed by atoms with Crippen LogP contribution in [0.2, 0.25) is 0 Å².